The van der Waals surface area contributed by atoms with Crippen molar-refractivity contribution in [1.82, 2.24) is 15.1 Å². The van der Waals surface area contributed by atoms with Crippen LogP contribution in [0.15, 0.2) is 47.1 Å². The summed E-state index contributed by atoms with van der Waals surface area (Å²) in [5.41, 5.74) is 1.50. The van der Waals surface area contributed by atoms with Gasteiger partial charge >= 0.3 is 0 Å². The SMILES string of the molecule is CC(C)NC(=O)CN1CCN(CCCCCOc2ccc3c(-c4ccc(F)cc4F)coc3c2)CC1. The van der Waals surface area contributed by atoms with Crippen LogP contribution in [-0.2, 0) is 4.79 Å². The van der Waals surface area contributed by atoms with Gasteiger partial charge in [0.25, 0.3) is 0 Å². The lowest BCUT2D eigenvalue weighted by molar-refractivity contribution is -0.123. The highest BCUT2D eigenvalue weighted by atomic mass is 19.1. The Hall–Kier alpha value is -2.97. The number of halogens is 2. The van der Waals surface area contributed by atoms with Crippen molar-refractivity contribution in [3.63, 3.8) is 0 Å². The number of piperazine rings is 1. The number of nitrogens with one attached hydrogen (secondary N) is 1. The number of carbonyl (C=O) groups excluding carboxylic acids is 1. The number of hydrogen-bond donors (Lipinski definition) is 1. The Morgan fingerprint density at radius 1 is 1.00 bits per heavy atom. The number of rotatable bonds is 11. The molecular formula is C28H35F2N3O3. The highest BCUT2D eigenvalue weighted by molar-refractivity contribution is 5.94. The van der Waals surface area contributed by atoms with Gasteiger partial charge in [0, 0.05) is 60.9 Å². The molecule has 4 rings (SSSR count). The summed E-state index contributed by atoms with van der Waals surface area (Å²) in [7, 11) is 0. The maximum absolute atomic E-state index is 14.2. The Kier molecular flexibility index (Phi) is 8.93. The first-order chi connectivity index (χ1) is 17.4. The van der Waals surface area contributed by atoms with Gasteiger partial charge in [0.05, 0.1) is 19.4 Å². The van der Waals surface area contributed by atoms with Crippen LogP contribution in [0.1, 0.15) is 33.1 Å². The number of ether oxygens (including phenoxy) is 1. The molecule has 1 amide bonds. The predicted octanol–water partition coefficient (Wildman–Crippen LogP) is 5.07. The van der Waals surface area contributed by atoms with Crippen molar-refractivity contribution in [3.8, 4) is 16.9 Å². The Morgan fingerprint density at radius 2 is 1.78 bits per heavy atom. The highest BCUT2D eigenvalue weighted by Crippen LogP contribution is 2.34. The molecular weight excluding hydrogens is 464 g/mol. The minimum absolute atomic E-state index is 0.104. The van der Waals surface area contributed by atoms with Crippen LogP contribution < -0.4 is 10.1 Å². The molecule has 1 fully saturated rings. The molecule has 0 spiro atoms. The average Bonchev–Trinajstić information content (AvgIpc) is 3.25. The van der Waals surface area contributed by atoms with E-state index in [1.165, 1.54) is 18.4 Å². The van der Waals surface area contributed by atoms with E-state index in [9.17, 15) is 13.6 Å². The quantitative estimate of drug-likeness (QED) is 0.374. The normalized spacial score (nSPS) is 15.0. The molecule has 2 aromatic carbocycles. The number of carbonyl (C=O) groups is 1. The molecule has 0 radical (unpaired) electrons. The summed E-state index contributed by atoms with van der Waals surface area (Å²) in [6.07, 6.45) is 4.64. The fraction of sp³-hybridized carbons (Fsp3) is 0.464. The Balaban J connectivity index is 1.14. The number of amides is 1. The molecule has 1 aliphatic heterocycles. The smallest absolute Gasteiger partial charge is 0.234 e. The van der Waals surface area contributed by atoms with Crippen LogP contribution in [-0.4, -0.2) is 67.6 Å². The van der Waals surface area contributed by atoms with Gasteiger partial charge in [-0.1, -0.05) is 0 Å². The van der Waals surface area contributed by atoms with Crippen LogP contribution in [0.25, 0.3) is 22.1 Å². The van der Waals surface area contributed by atoms with E-state index in [0.29, 0.717) is 35.6 Å². The maximum Gasteiger partial charge on any atom is 0.234 e. The molecule has 2 heterocycles. The first-order valence-corrected chi connectivity index (χ1v) is 12.7. The zero-order chi connectivity index (χ0) is 25.5. The molecule has 0 bridgehead atoms. The Labute approximate surface area is 211 Å². The van der Waals surface area contributed by atoms with Gasteiger partial charge in [0.2, 0.25) is 5.91 Å². The Bertz CT molecular complexity index is 1160. The fourth-order valence-electron chi connectivity index (χ4n) is 4.56. The third kappa shape index (κ3) is 7.04. The van der Waals surface area contributed by atoms with Crippen molar-refractivity contribution in [2.75, 3.05) is 45.9 Å². The van der Waals surface area contributed by atoms with E-state index in [-0.39, 0.29) is 11.9 Å². The van der Waals surface area contributed by atoms with Gasteiger partial charge in [-0.05, 0) is 63.9 Å². The van der Waals surface area contributed by atoms with Crippen molar-refractivity contribution in [1.29, 1.82) is 0 Å². The van der Waals surface area contributed by atoms with Crippen LogP contribution in [0.5, 0.6) is 5.75 Å². The summed E-state index contributed by atoms with van der Waals surface area (Å²) in [6, 6.07) is 9.22. The molecule has 0 unspecified atom stereocenters. The summed E-state index contributed by atoms with van der Waals surface area (Å²) in [6.45, 7) is 9.98. The van der Waals surface area contributed by atoms with Crippen LogP contribution >= 0.6 is 0 Å². The van der Waals surface area contributed by atoms with Gasteiger partial charge in [0.15, 0.2) is 0 Å². The van der Waals surface area contributed by atoms with Crippen LogP contribution in [0.3, 0.4) is 0 Å². The van der Waals surface area contributed by atoms with E-state index in [0.717, 1.165) is 63.4 Å². The molecule has 194 valence electrons. The van der Waals surface area contributed by atoms with E-state index < -0.39 is 11.6 Å². The molecule has 6 nitrogen and oxygen atoms in total. The van der Waals surface area contributed by atoms with Gasteiger partial charge in [0.1, 0.15) is 23.0 Å². The monoisotopic (exact) mass is 499 g/mol. The first-order valence-electron chi connectivity index (χ1n) is 12.7. The number of hydrogen-bond acceptors (Lipinski definition) is 5. The predicted molar refractivity (Wildman–Crippen MR) is 137 cm³/mol. The van der Waals surface area contributed by atoms with Gasteiger partial charge in [-0.3, -0.25) is 9.69 Å². The lowest BCUT2D eigenvalue weighted by Crippen LogP contribution is -2.50. The second-order valence-electron chi connectivity index (χ2n) is 9.68. The van der Waals surface area contributed by atoms with E-state index in [4.69, 9.17) is 9.15 Å². The number of fused-ring (bicyclic) bond motifs is 1. The molecule has 1 aliphatic rings. The van der Waals surface area contributed by atoms with E-state index in [2.05, 4.69) is 15.1 Å². The molecule has 1 aromatic heterocycles. The average molecular weight is 500 g/mol. The molecule has 1 N–H and O–H groups in total. The first kappa shape index (κ1) is 26.1. The topological polar surface area (TPSA) is 58.0 Å². The zero-order valence-corrected chi connectivity index (χ0v) is 21.1. The van der Waals surface area contributed by atoms with Crippen molar-refractivity contribution in [2.24, 2.45) is 0 Å². The van der Waals surface area contributed by atoms with E-state index in [1.54, 1.807) is 6.07 Å². The van der Waals surface area contributed by atoms with Crippen LogP contribution in [0.2, 0.25) is 0 Å². The lowest BCUT2D eigenvalue weighted by Gasteiger charge is -2.34. The molecule has 0 atom stereocenters. The minimum atomic E-state index is -0.617. The molecule has 3 aromatic rings. The van der Waals surface area contributed by atoms with Gasteiger partial charge in [-0.15, -0.1) is 0 Å². The van der Waals surface area contributed by atoms with Crippen LogP contribution in [0, 0.1) is 11.6 Å². The minimum Gasteiger partial charge on any atom is -0.493 e. The molecule has 0 saturated carbocycles. The van der Waals surface area contributed by atoms with Gasteiger partial charge in [-0.25, -0.2) is 8.78 Å². The van der Waals surface area contributed by atoms with Gasteiger partial charge in [-0.2, -0.15) is 0 Å². The second-order valence-corrected chi connectivity index (χ2v) is 9.68. The zero-order valence-electron chi connectivity index (χ0n) is 21.1. The van der Waals surface area contributed by atoms with Crippen molar-refractivity contribution < 1.29 is 22.7 Å². The van der Waals surface area contributed by atoms with E-state index in [1.807, 2.05) is 26.0 Å². The summed E-state index contributed by atoms with van der Waals surface area (Å²) < 4.78 is 38.9. The third-order valence-electron chi connectivity index (χ3n) is 6.44. The maximum atomic E-state index is 14.2. The summed E-state index contributed by atoms with van der Waals surface area (Å²) in [5, 5.41) is 3.71. The third-order valence-corrected chi connectivity index (χ3v) is 6.44. The summed E-state index contributed by atoms with van der Waals surface area (Å²) >= 11 is 0. The number of benzene rings is 2. The largest absolute Gasteiger partial charge is 0.493 e. The lowest BCUT2D eigenvalue weighted by atomic mass is 10.0. The number of furan rings is 1. The van der Waals surface area contributed by atoms with E-state index >= 15 is 0 Å². The number of unbranched alkanes of at least 4 members (excludes halogenated alkanes) is 2. The summed E-state index contributed by atoms with van der Waals surface area (Å²) in [5.74, 6) is -0.410. The van der Waals surface area contributed by atoms with Crippen LogP contribution in [0.4, 0.5) is 8.78 Å². The Morgan fingerprint density at radius 3 is 2.53 bits per heavy atom. The molecule has 36 heavy (non-hydrogen) atoms. The molecule has 1 saturated heterocycles. The highest BCUT2D eigenvalue weighted by Gasteiger charge is 2.19. The fourth-order valence-corrected chi connectivity index (χ4v) is 4.56. The summed E-state index contributed by atoms with van der Waals surface area (Å²) in [4.78, 5) is 16.6. The van der Waals surface area contributed by atoms with Crippen molar-refractivity contribution >= 4 is 16.9 Å². The standard InChI is InChI=1S/C28H35F2N3O3/c1-20(2)31-28(34)18-33-13-11-32(12-14-33)10-4-3-5-15-35-22-7-9-24-25(19-36-27(24)17-22)23-8-6-21(29)16-26(23)30/h6-9,16-17,19-20H,3-5,10-15,18H2,1-2H3,(H,31,34). The van der Waals surface area contributed by atoms with Crippen molar-refractivity contribution in [3.05, 3.63) is 54.3 Å². The van der Waals surface area contributed by atoms with Crippen molar-refractivity contribution in [2.45, 2.75) is 39.2 Å². The molecule has 0 aliphatic carbocycles. The number of nitrogens with zero attached hydrogens (tertiary/aromatic N) is 2. The molecule has 8 heteroatoms. The second kappa shape index (κ2) is 12.3. The van der Waals surface area contributed by atoms with Gasteiger partial charge < -0.3 is 19.4 Å².